The smallest absolute Gasteiger partial charge is 0.0893 e. The number of benzene rings is 1. The Kier molecular flexibility index (Phi) is 5.11. The average Bonchev–Trinajstić information content (AvgIpc) is 2.36. The van der Waals surface area contributed by atoms with Crippen LogP contribution < -0.4 is 0 Å². The number of nitrogens with zero attached hydrogens (tertiary/aromatic N) is 2. The highest BCUT2D eigenvalue weighted by molar-refractivity contribution is 7.99. The van der Waals surface area contributed by atoms with Gasteiger partial charge in [0.05, 0.1) is 22.4 Å². The van der Waals surface area contributed by atoms with Crippen LogP contribution in [0.2, 0.25) is 0 Å². The van der Waals surface area contributed by atoms with Crippen LogP contribution >= 0.6 is 23.5 Å². The summed E-state index contributed by atoms with van der Waals surface area (Å²) in [6.45, 7) is 6.53. The van der Waals surface area contributed by atoms with Gasteiger partial charge in [0.25, 0.3) is 0 Å². The molecule has 0 atom stereocenters. The first-order valence-electron chi connectivity index (χ1n) is 6.47. The zero-order valence-corrected chi connectivity index (χ0v) is 13.6. The van der Waals surface area contributed by atoms with E-state index in [0.29, 0.717) is 5.25 Å². The Morgan fingerprint density at radius 3 is 2.42 bits per heavy atom. The lowest BCUT2D eigenvalue weighted by Crippen LogP contribution is -2.02. The molecule has 1 heterocycles. The van der Waals surface area contributed by atoms with Gasteiger partial charge >= 0.3 is 0 Å². The first-order valence-corrected chi connectivity index (χ1v) is 8.91. The molecule has 0 saturated carbocycles. The van der Waals surface area contributed by atoms with Gasteiger partial charge in [0.1, 0.15) is 0 Å². The summed E-state index contributed by atoms with van der Waals surface area (Å²) in [6, 6.07) is 6.29. The molecule has 0 fully saturated rings. The van der Waals surface area contributed by atoms with Crippen molar-refractivity contribution in [2.75, 3.05) is 6.26 Å². The molecule has 0 N–H and O–H groups in total. The molecule has 102 valence electrons. The van der Waals surface area contributed by atoms with E-state index in [1.165, 1.54) is 5.56 Å². The lowest BCUT2D eigenvalue weighted by atomic mass is 10.2. The standard InChI is InChI=1S/C15H20N2S2/c1-10(2)19-9-15-14(8-18-4)17-13-7-11(3)5-6-12(13)16-15/h5-7,10H,8-9H2,1-4H3. The second-order valence-electron chi connectivity index (χ2n) is 4.90. The largest absolute Gasteiger partial charge is 0.248 e. The molecule has 2 nitrogen and oxygen atoms in total. The van der Waals surface area contributed by atoms with Gasteiger partial charge in [0.15, 0.2) is 0 Å². The summed E-state index contributed by atoms with van der Waals surface area (Å²) in [5, 5.41) is 0.623. The van der Waals surface area contributed by atoms with Crippen molar-refractivity contribution < 1.29 is 0 Å². The number of fused-ring (bicyclic) bond motifs is 1. The Morgan fingerprint density at radius 2 is 1.74 bits per heavy atom. The van der Waals surface area contributed by atoms with E-state index in [-0.39, 0.29) is 0 Å². The highest BCUT2D eigenvalue weighted by Gasteiger charge is 2.09. The molecule has 2 aromatic rings. The van der Waals surface area contributed by atoms with Gasteiger partial charge in [0, 0.05) is 11.5 Å². The topological polar surface area (TPSA) is 25.8 Å². The van der Waals surface area contributed by atoms with Gasteiger partial charge in [-0.1, -0.05) is 19.9 Å². The maximum absolute atomic E-state index is 4.81. The summed E-state index contributed by atoms with van der Waals surface area (Å²) < 4.78 is 0. The second-order valence-corrected chi connectivity index (χ2v) is 7.33. The lowest BCUT2D eigenvalue weighted by Gasteiger charge is -2.10. The fourth-order valence-corrected chi connectivity index (χ4v) is 3.08. The van der Waals surface area contributed by atoms with Crippen LogP contribution in [0.4, 0.5) is 0 Å². The van der Waals surface area contributed by atoms with E-state index < -0.39 is 0 Å². The predicted molar refractivity (Wildman–Crippen MR) is 87.9 cm³/mol. The van der Waals surface area contributed by atoms with Crippen molar-refractivity contribution in [3.05, 3.63) is 35.2 Å². The highest BCUT2D eigenvalue weighted by Crippen LogP contribution is 2.23. The van der Waals surface area contributed by atoms with Crippen LogP contribution in [0.15, 0.2) is 18.2 Å². The predicted octanol–water partition coefficient (Wildman–Crippen LogP) is 4.44. The van der Waals surface area contributed by atoms with Crippen LogP contribution in [0.1, 0.15) is 30.8 Å². The summed E-state index contributed by atoms with van der Waals surface area (Å²) in [4.78, 5) is 9.62. The minimum Gasteiger partial charge on any atom is -0.248 e. The third kappa shape index (κ3) is 3.86. The Morgan fingerprint density at radius 1 is 1.05 bits per heavy atom. The molecule has 0 amide bonds. The van der Waals surface area contributed by atoms with Crippen LogP contribution in [-0.4, -0.2) is 21.5 Å². The van der Waals surface area contributed by atoms with E-state index in [4.69, 9.17) is 9.97 Å². The number of rotatable bonds is 5. The molecule has 0 saturated heterocycles. The Labute approximate surface area is 123 Å². The summed E-state index contributed by atoms with van der Waals surface area (Å²) >= 11 is 3.73. The van der Waals surface area contributed by atoms with Crippen molar-refractivity contribution in [2.45, 2.75) is 37.5 Å². The van der Waals surface area contributed by atoms with Crippen molar-refractivity contribution in [2.24, 2.45) is 0 Å². The summed E-state index contributed by atoms with van der Waals surface area (Å²) in [7, 11) is 0. The average molecular weight is 292 g/mol. The van der Waals surface area contributed by atoms with Crippen LogP contribution in [0.3, 0.4) is 0 Å². The molecule has 19 heavy (non-hydrogen) atoms. The van der Waals surface area contributed by atoms with Gasteiger partial charge in [0.2, 0.25) is 0 Å². The van der Waals surface area contributed by atoms with Gasteiger partial charge in [-0.25, -0.2) is 9.97 Å². The third-order valence-electron chi connectivity index (χ3n) is 2.81. The van der Waals surface area contributed by atoms with Crippen LogP contribution in [-0.2, 0) is 11.5 Å². The van der Waals surface area contributed by atoms with Crippen molar-refractivity contribution in [3.8, 4) is 0 Å². The van der Waals surface area contributed by atoms with E-state index in [0.717, 1.165) is 33.9 Å². The molecule has 0 spiro atoms. The first kappa shape index (κ1) is 14.7. The van der Waals surface area contributed by atoms with Crippen LogP contribution in [0.5, 0.6) is 0 Å². The van der Waals surface area contributed by atoms with E-state index in [1.807, 2.05) is 11.8 Å². The summed E-state index contributed by atoms with van der Waals surface area (Å²) in [5.41, 5.74) is 5.54. The molecule has 4 heteroatoms. The molecule has 1 aromatic heterocycles. The fraction of sp³-hybridized carbons (Fsp3) is 0.467. The lowest BCUT2D eigenvalue weighted by molar-refractivity contribution is 1.05. The molecular weight excluding hydrogens is 272 g/mol. The van der Waals surface area contributed by atoms with E-state index >= 15 is 0 Å². The molecule has 0 aliphatic rings. The second kappa shape index (κ2) is 6.62. The zero-order valence-electron chi connectivity index (χ0n) is 11.9. The number of hydrogen-bond acceptors (Lipinski definition) is 4. The van der Waals surface area contributed by atoms with Gasteiger partial charge in [-0.15, -0.1) is 0 Å². The van der Waals surface area contributed by atoms with Crippen molar-refractivity contribution >= 4 is 34.6 Å². The minimum atomic E-state index is 0.623. The number of hydrogen-bond donors (Lipinski definition) is 0. The van der Waals surface area contributed by atoms with E-state index in [1.54, 1.807) is 11.8 Å². The van der Waals surface area contributed by atoms with Crippen molar-refractivity contribution in [1.29, 1.82) is 0 Å². The third-order valence-corrected chi connectivity index (χ3v) is 4.48. The quantitative estimate of drug-likeness (QED) is 0.813. The SMILES string of the molecule is CSCc1nc2cc(C)ccc2nc1CSC(C)C. The van der Waals surface area contributed by atoms with Gasteiger partial charge < -0.3 is 0 Å². The number of aryl methyl sites for hydroxylation is 1. The van der Waals surface area contributed by atoms with Crippen molar-refractivity contribution in [1.82, 2.24) is 9.97 Å². The normalized spacial score (nSPS) is 11.4. The minimum absolute atomic E-state index is 0.623. The number of thioether (sulfide) groups is 2. The Balaban J connectivity index is 2.41. The number of aromatic nitrogens is 2. The van der Waals surface area contributed by atoms with Crippen molar-refractivity contribution in [3.63, 3.8) is 0 Å². The molecule has 0 unspecified atom stereocenters. The van der Waals surface area contributed by atoms with Gasteiger partial charge in [-0.05, 0) is 36.1 Å². The Bertz CT molecular complexity index is 567. The molecule has 2 rings (SSSR count). The Hall–Kier alpha value is -0.740. The summed E-state index contributed by atoms with van der Waals surface area (Å²) in [5.74, 6) is 1.88. The maximum Gasteiger partial charge on any atom is 0.0893 e. The first-order chi connectivity index (χ1) is 9.10. The van der Waals surface area contributed by atoms with E-state index in [2.05, 4.69) is 45.2 Å². The monoisotopic (exact) mass is 292 g/mol. The summed E-state index contributed by atoms with van der Waals surface area (Å²) in [6.07, 6.45) is 2.11. The molecule has 0 radical (unpaired) electrons. The van der Waals surface area contributed by atoms with Gasteiger partial charge in [-0.2, -0.15) is 23.5 Å². The van der Waals surface area contributed by atoms with E-state index in [9.17, 15) is 0 Å². The molecule has 0 aliphatic carbocycles. The van der Waals surface area contributed by atoms with Crippen LogP contribution in [0, 0.1) is 6.92 Å². The molecule has 1 aromatic carbocycles. The zero-order chi connectivity index (χ0) is 13.8. The fourth-order valence-electron chi connectivity index (χ4n) is 1.85. The highest BCUT2D eigenvalue weighted by atomic mass is 32.2. The molecule has 0 aliphatic heterocycles. The maximum atomic E-state index is 4.81. The van der Waals surface area contributed by atoms with Gasteiger partial charge in [-0.3, -0.25) is 0 Å². The molecular formula is C15H20N2S2. The molecule has 0 bridgehead atoms. The van der Waals surface area contributed by atoms with Crippen LogP contribution in [0.25, 0.3) is 11.0 Å².